The molecule has 0 bridgehead atoms. The van der Waals surface area contributed by atoms with E-state index < -0.39 is 0 Å². The summed E-state index contributed by atoms with van der Waals surface area (Å²) in [5, 5.41) is 5.72. The lowest BCUT2D eigenvalue weighted by Crippen LogP contribution is -2.28. The van der Waals surface area contributed by atoms with E-state index >= 15 is 0 Å². The Balaban J connectivity index is 2.35. The highest BCUT2D eigenvalue weighted by atomic mass is 32.1. The zero-order valence-electron chi connectivity index (χ0n) is 15.9. The van der Waals surface area contributed by atoms with Crippen molar-refractivity contribution in [2.75, 3.05) is 40.1 Å². The molecule has 0 aromatic carbocycles. The number of rotatable bonds is 5. The fourth-order valence-electron chi connectivity index (χ4n) is 2.06. The van der Waals surface area contributed by atoms with Crippen molar-refractivity contribution < 1.29 is 14.4 Å². The van der Waals surface area contributed by atoms with Gasteiger partial charge in [0.1, 0.15) is 15.7 Å². The third-order valence-corrected chi connectivity index (χ3v) is 4.52. The predicted octanol–water partition coefficient (Wildman–Crippen LogP) is 1.75. The van der Waals surface area contributed by atoms with E-state index in [2.05, 4.69) is 20.6 Å². The molecule has 27 heavy (non-hydrogen) atoms. The number of carbonyl (C=O) groups is 3. The fourth-order valence-corrected chi connectivity index (χ4v) is 3.13. The molecule has 2 N–H and O–H groups in total. The normalized spacial score (nSPS) is 10.3. The van der Waals surface area contributed by atoms with E-state index in [9.17, 15) is 14.4 Å². The summed E-state index contributed by atoms with van der Waals surface area (Å²) >= 11 is 1.13. The second-order valence-corrected chi connectivity index (χ2v) is 7.01. The van der Waals surface area contributed by atoms with Gasteiger partial charge in [0, 0.05) is 46.5 Å². The van der Waals surface area contributed by atoms with Crippen LogP contribution in [0.15, 0.2) is 18.3 Å². The van der Waals surface area contributed by atoms with Gasteiger partial charge in [0.05, 0.1) is 0 Å². The predicted molar refractivity (Wildman–Crippen MR) is 104 cm³/mol. The van der Waals surface area contributed by atoms with Gasteiger partial charge in [-0.05, 0) is 19.1 Å². The number of amides is 4. The van der Waals surface area contributed by atoms with Gasteiger partial charge < -0.3 is 15.1 Å². The van der Waals surface area contributed by atoms with Crippen molar-refractivity contribution in [3.05, 3.63) is 28.9 Å². The monoisotopic (exact) mass is 390 g/mol. The minimum absolute atomic E-state index is 0.114. The molecule has 0 atom stereocenters. The summed E-state index contributed by atoms with van der Waals surface area (Å²) < 4.78 is 0. The first-order valence-corrected chi connectivity index (χ1v) is 9.01. The fraction of sp³-hybridized carbons (Fsp3) is 0.353. The van der Waals surface area contributed by atoms with E-state index in [1.165, 1.54) is 16.0 Å². The van der Waals surface area contributed by atoms with Gasteiger partial charge in [-0.15, -0.1) is 11.3 Å². The molecule has 2 rings (SSSR count). The van der Waals surface area contributed by atoms with Crippen LogP contribution in [0.2, 0.25) is 0 Å². The number of anilines is 1. The Labute approximate surface area is 161 Å². The number of hydrogen-bond acceptors (Lipinski definition) is 6. The Hall–Kier alpha value is -3.01. The van der Waals surface area contributed by atoms with Crippen molar-refractivity contribution in [2.24, 2.45) is 0 Å². The smallest absolute Gasteiger partial charge is 0.320 e. The largest absolute Gasteiger partial charge is 0.344 e. The topological polar surface area (TPSA) is 108 Å². The standard InChI is InChI=1S/C17H22N6O3S/c1-6-18-17(26)20-11-8-7-10(9-19-11)14-21-12(15(24)22(2)3)13(27-14)16(25)23(4)5/h7-9H,6H2,1-5H3,(H2,18,19,20,26). The van der Waals surface area contributed by atoms with E-state index in [4.69, 9.17) is 0 Å². The lowest BCUT2D eigenvalue weighted by molar-refractivity contribution is 0.0790. The first-order valence-electron chi connectivity index (χ1n) is 8.20. The van der Waals surface area contributed by atoms with Crippen molar-refractivity contribution in [3.8, 4) is 10.6 Å². The quantitative estimate of drug-likeness (QED) is 0.809. The molecule has 0 aliphatic rings. The molecule has 0 fully saturated rings. The average molecular weight is 390 g/mol. The summed E-state index contributed by atoms with van der Waals surface area (Å²) in [7, 11) is 6.45. The van der Waals surface area contributed by atoms with Crippen molar-refractivity contribution in [3.63, 3.8) is 0 Å². The van der Waals surface area contributed by atoms with Gasteiger partial charge in [0.2, 0.25) is 0 Å². The van der Waals surface area contributed by atoms with Crippen molar-refractivity contribution in [1.29, 1.82) is 0 Å². The third-order valence-electron chi connectivity index (χ3n) is 3.43. The number of aromatic nitrogens is 2. The summed E-state index contributed by atoms with van der Waals surface area (Å²) in [5.74, 6) is -0.243. The van der Waals surface area contributed by atoms with Crippen LogP contribution in [0.1, 0.15) is 27.1 Å². The third kappa shape index (κ3) is 4.79. The maximum Gasteiger partial charge on any atom is 0.320 e. The van der Waals surface area contributed by atoms with Crippen molar-refractivity contribution in [2.45, 2.75) is 6.92 Å². The van der Waals surface area contributed by atoms with Gasteiger partial charge in [0.25, 0.3) is 11.8 Å². The number of urea groups is 1. The van der Waals surface area contributed by atoms with Crippen LogP contribution in [0.25, 0.3) is 10.6 Å². The first-order chi connectivity index (χ1) is 12.7. The van der Waals surface area contributed by atoms with Crippen LogP contribution in [0, 0.1) is 0 Å². The van der Waals surface area contributed by atoms with Crippen LogP contribution >= 0.6 is 11.3 Å². The molecule has 0 unspecified atom stereocenters. The summed E-state index contributed by atoms with van der Waals surface area (Å²) in [6, 6.07) is 3.01. The van der Waals surface area contributed by atoms with Gasteiger partial charge in [-0.1, -0.05) is 0 Å². The van der Waals surface area contributed by atoms with E-state index in [0.717, 1.165) is 11.3 Å². The highest BCUT2D eigenvalue weighted by Gasteiger charge is 2.26. The summed E-state index contributed by atoms with van der Waals surface area (Å²) in [6.45, 7) is 2.33. The maximum atomic E-state index is 12.4. The second kappa shape index (κ2) is 8.58. The minimum atomic E-state index is -0.343. The molecule has 10 heteroatoms. The Morgan fingerprint density at radius 1 is 1.07 bits per heavy atom. The Morgan fingerprint density at radius 2 is 1.74 bits per heavy atom. The lowest BCUT2D eigenvalue weighted by atomic mass is 10.2. The molecule has 0 saturated heterocycles. The van der Waals surface area contributed by atoms with Crippen LogP contribution in [0.4, 0.5) is 10.6 Å². The zero-order valence-corrected chi connectivity index (χ0v) is 16.7. The molecular weight excluding hydrogens is 368 g/mol. The van der Waals surface area contributed by atoms with Crippen LogP contribution < -0.4 is 10.6 Å². The Kier molecular flexibility index (Phi) is 6.45. The summed E-state index contributed by atoms with van der Waals surface area (Å²) in [5.41, 5.74) is 0.760. The number of nitrogens with zero attached hydrogens (tertiary/aromatic N) is 4. The van der Waals surface area contributed by atoms with Gasteiger partial charge in [-0.2, -0.15) is 0 Å². The maximum absolute atomic E-state index is 12.4. The number of carbonyl (C=O) groups excluding carboxylic acids is 3. The van der Waals surface area contributed by atoms with Crippen LogP contribution in [0.5, 0.6) is 0 Å². The average Bonchev–Trinajstić information content (AvgIpc) is 3.06. The lowest BCUT2D eigenvalue weighted by Gasteiger charge is -2.12. The highest BCUT2D eigenvalue weighted by Crippen LogP contribution is 2.29. The first kappa shape index (κ1) is 20.3. The van der Waals surface area contributed by atoms with Crippen molar-refractivity contribution in [1.82, 2.24) is 25.1 Å². The molecule has 144 valence electrons. The number of hydrogen-bond donors (Lipinski definition) is 2. The molecule has 2 aromatic heterocycles. The molecule has 2 heterocycles. The van der Waals surface area contributed by atoms with Gasteiger partial charge in [0.15, 0.2) is 5.69 Å². The number of pyridine rings is 1. The van der Waals surface area contributed by atoms with Crippen LogP contribution in [-0.4, -0.2) is 72.3 Å². The summed E-state index contributed by atoms with van der Waals surface area (Å²) in [6.07, 6.45) is 1.54. The molecule has 0 aliphatic heterocycles. The zero-order chi connectivity index (χ0) is 20.1. The molecule has 2 aromatic rings. The second-order valence-electron chi connectivity index (χ2n) is 6.01. The minimum Gasteiger partial charge on any atom is -0.344 e. The molecule has 0 spiro atoms. The van der Waals surface area contributed by atoms with Gasteiger partial charge >= 0.3 is 6.03 Å². The van der Waals surface area contributed by atoms with Crippen LogP contribution in [-0.2, 0) is 0 Å². The van der Waals surface area contributed by atoms with E-state index in [-0.39, 0.29) is 28.4 Å². The molecule has 0 radical (unpaired) electrons. The van der Waals surface area contributed by atoms with Gasteiger partial charge in [-0.25, -0.2) is 14.8 Å². The van der Waals surface area contributed by atoms with Crippen LogP contribution in [0.3, 0.4) is 0 Å². The molecule has 0 aliphatic carbocycles. The summed E-state index contributed by atoms with van der Waals surface area (Å²) in [4.78, 5) is 48.0. The van der Waals surface area contributed by atoms with E-state index in [0.29, 0.717) is 22.9 Å². The molecular formula is C17H22N6O3S. The molecule has 9 nitrogen and oxygen atoms in total. The van der Waals surface area contributed by atoms with E-state index in [1.54, 1.807) is 40.3 Å². The van der Waals surface area contributed by atoms with E-state index in [1.807, 2.05) is 6.92 Å². The van der Waals surface area contributed by atoms with Crippen molar-refractivity contribution >= 4 is 35.0 Å². The molecule has 0 saturated carbocycles. The molecule has 4 amide bonds. The Bertz CT molecular complexity index is 807. The SMILES string of the molecule is CCNC(=O)Nc1ccc(-c2nc(C(=O)N(C)C)c(C(=O)N(C)C)s2)cn1. The van der Waals surface area contributed by atoms with Gasteiger partial charge in [-0.3, -0.25) is 14.9 Å². The number of thiazole rings is 1. The highest BCUT2D eigenvalue weighted by molar-refractivity contribution is 7.17. The number of nitrogens with one attached hydrogen (secondary N) is 2. The Morgan fingerprint density at radius 3 is 2.26 bits per heavy atom.